The summed E-state index contributed by atoms with van der Waals surface area (Å²) in [6.07, 6.45) is 5.17. The lowest BCUT2D eigenvalue weighted by Gasteiger charge is -2.32. The molecule has 0 radical (unpaired) electrons. The van der Waals surface area contributed by atoms with Crippen LogP contribution in [0, 0.1) is 0 Å². The van der Waals surface area contributed by atoms with Gasteiger partial charge in [-0.2, -0.15) is 0 Å². The van der Waals surface area contributed by atoms with Crippen LogP contribution in [-0.2, 0) is 9.84 Å². The number of likely N-dealkylation sites (tertiary alicyclic amines) is 2. The van der Waals surface area contributed by atoms with Crippen molar-refractivity contribution in [2.45, 2.75) is 38.6 Å². The smallest absolute Gasteiger partial charge is 0.193 e. The summed E-state index contributed by atoms with van der Waals surface area (Å²) in [6, 6.07) is 0.623. The normalized spacial score (nSPS) is 23.7. The molecule has 0 amide bonds. The number of hydrogen-bond acceptors (Lipinski definition) is 4. The van der Waals surface area contributed by atoms with Crippen molar-refractivity contribution in [2.75, 3.05) is 51.3 Å². The predicted molar refractivity (Wildman–Crippen MR) is 107 cm³/mol. The first-order valence-electron chi connectivity index (χ1n) is 8.46. The zero-order valence-electron chi connectivity index (χ0n) is 14.3. The van der Waals surface area contributed by atoms with Gasteiger partial charge in [-0.1, -0.05) is 13.3 Å². The Labute approximate surface area is 158 Å². The van der Waals surface area contributed by atoms with Crippen LogP contribution in [0.1, 0.15) is 32.6 Å². The molecule has 2 aliphatic heterocycles. The highest BCUT2D eigenvalue weighted by molar-refractivity contribution is 14.0. The molecule has 6 nitrogen and oxygen atoms in total. The van der Waals surface area contributed by atoms with Crippen molar-refractivity contribution in [1.82, 2.24) is 15.1 Å². The van der Waals surface area contributed by atoms with Gasteiger partial charge in [0.05, 0.1) is 5.75 Å². The molecule has 1 N–H and O–H groups in total. The lowest BCUT2D eigenvalue weighted by molar-refractivity contribution is 0.168. The number of halogens is 1. The molecule has 0 aromatic rings. The molecule has 23 heavy (non-hydrogen) atoms. The van der Waals surface area contributed by atoms with Crippen LogP contribution in [-0.4, -0.2) is 81.5 Å². The predicted octanol–water partition coefficient (Wildman–Crippen LogP) is 1.17. The summed E-state index contributed by atoms with van der Waals surface area (Å²) in [5, 5.41) is 3.20. The summed E-state index contributed by atoms with van der Waals surface area (Å²) in [5.74, 6) is 1.21. The molecule has 1 atom stereocenters. The largest absolute Gasteiger partial charge is 0.355 e. The van der Waals surface area contributed by atoms with Crippen molar-refractivity contribution >= 4 is 39.8 Å². The van der Waals surface area contributed by atoms with Gasteiger partial charge in [-0.25, -0.2) is 8.42 Å². The maximum absolute atomic E-state index is 11.5. The Balaban J connectivity index is 0.00000264. The minimum absolute atomic E-state index is 0. The number of nitrogens with one attached hydrogen (secondary N) is 1. The summed E-state index contributed by atoms with van der Waals surface area (Å²) in [7, 11) is -1.15. The Morgan fingerprint density at radius 2 is 1.91 bits per heavy atom. The van der Waals surface area contributed by atoms with Crippen LogP contribution in [0.5, 0.6) is 0 Å². The Bertz CT molecular complexity index is 478. The number of piperidine rings is 1. The fraction of sp³-hybridized carbons (Fsp3) is 0.933. The third-order valence-corrected chi connectivity index (χ3v) is 6.42. The number of sulfone groups is 1. The Hall–Kier alpha value is -0.0900. The zero-order valence-corrected chi connectivity index (χ0v) is 17.5. The monoisotopic (exact) mass is 458 g/mol. The van der Waals surface area contributed by atoms with Crippen molar-refractivity contribution in [3.63, 3.8) is 0 Å². The second-order valence-electron chi connectivity index (χ2n) is 6.20. The molecule has 0 aliphatic carbocycles. The first-order chi connectivity index (χ1) is 10.6. The van der Waals surface area contributed by atoms with E-state index in [1.54, 1.807) is 14.0 Å². The fourth-order valence-electron chi connectivity index (χ4n) is 3.31. The lowest BCUT2D eigenvalue weighted by atomic mass is 10.1. The molecular formula is C15H31IN4O2S. The molecule has 2 rings (SSSR count). The maximum Gasteiger partial charge on any atom is 0.193 e. The Morgan fingerprint density at radius 1 is 1.22 bits per heavy atom. The van der Waals surface area contributed by atoms with Crippen LogP contribution in [0.15, 0.2) is 4.99 Å². The molecule has 0 aromatic heterocycles. The topological polar surface area (TPSA) is 65.0 Å². The van der Waals surface area contributed by atoms with E-state index in [-0.39, 0.29) is 35.5 Å². The standard InChI is InChI=1S/C15H30N4O2S.HI/c1-3-22(20,21)12-8-17-15(16-2)19-11-7-14(13-19)18-9-5-4-6-10-18;/h14H,3-13H2,1-2H3,(H,16,17);1H. The third kappa shape index (κ3) is 6.38. The molecule has 1 unspecified atom stereocenters. The molecule has 2 saturated heterocycles. The van der Waals surface area contributed by atoms with E-state index >= 15 is 0 Å². The van der Waals surface area contributed by atoms with Gasteiger partial charge in [0.15, 0.2) is 15.8 Å². The molecule has 0 saturated carbocycles. The van der Waals surface area contributed by atoms with E-state index in [2.05, 4.69) is 20.1 Å². The van der Waals surface area contributed by atoms with Gasteiger partial charge in [0.1, 0.15) is 0 Å². The first kappa shape index (κ1) is 21.0. The SMILES string of the molecule is CCS(=O)(=O)CCNC(=NC)N1CCC(N2CCCCC2)C1.I. The average molecular weight is 458 g/mol. The van der Waals surface area contributed by atoms with Crippen molar-refractivity contribution in [3.05, 3.63) is 0 Å². The number of guanidine groups is 1. The summed E-state index contributed by atoms with van der Waals surface area (Å²) < 4.78 is 23.1. The summed E-state index contributed by atoms with van der Waals surface area (Å²) >= 11 is 0. The number of nitrogens with zero attached hydrogens (tertiary/aromatic N) is 3. The summed E-state index contributed by atoms with van der Waals surface area (Å²) in [4.78, 5) is 9.18. The third-order valence-electron chi connectivity index (χ3n) is 4.72. The molecule has 2 fully saturated rings. The highest BCUT2D eigenvalue weighted by atomic mass is 127. The van der Waals surface area contributed by atoms with Crippen LogP contribution < -0.4 is 5.32 Å². The van der Waals surface area contributed by atoms with Crippen LogP contribution in [0.25, 0.3) is 0 Å². The summed E-state index contributed by atoms with van der Waals surface area (Å²) in [5.41, 5.74) is 0. The molecule has 0 spiro atoms. The Kier molecular flexibility index (Phi) is 9.13. The van der Waals surface area contributed by atoms with Crippen LogP contribution >= 0.6 is 24.0 Å². The molecular weight excluding hydrogens is 427 g/mol. The van der Waals surface area contributed by atoms with Gasteiger partial charge in [-0.15, -0.1) is 24.0 Å². The first-order valence-corrected chi connectivity index (χ1v) is 10.3. The highest BCUT2D eigenvalue weighted by Crippen LogP contribution is 2.20. The Morgan fingerprint density at radius 3 is 2.52 bits per heavy atom. The second kappa shape index (κ2) is 10.0. The van der Waals surface area contributed by atoms with E-state index in [1.165, 1.54) is 38.8 Å². The van der Waals surface area contributed by atoms with Gasteiger partial charge in [-0.05, 0) is 32.4 Å². The van der Waals surface area contributed by atoms with E-state index < -0.39 is 9.84 Å². The number of rotatable bonds is 5. The van der Waals surface area contributed by atoms with Gasteiger partial charge >= 0.3 is 0 Å². The van der Waals surface area contributed by atoms with Crippen molar-refractivity contribution < 1.29 is 8.42 Å². The van der Waals surface area contributed by atoms with Crippen LogP contribution in [0.4, 0.5) is 0 Å². The molecule has 2 heterocycles. The van der Waals surface area contributed by atoms with Gasteiger partial charge in [0.25, 0.3) is 0 Å². The van der Waals surface area contributed by atoms with Gasteiger partial charge in [0.2, 0.25) is 0 Å². The van der Waals surface area contributed by atoms with Gasteiger partial charge < -0.3 is 10.2 Å². The minimum atomic E-state index is -2.92. The van der Waals surface area contributed by atoms with Crippen molar-refractivity contribution in [2.24, 2.45) is 4.99 Å². The van der Waals surface area contributed by atoms with Gasteiger partial charge in [-0.3, -0.25) is 9.89 Å². The number of hydrogen-bond donors (Lipinski definition) is 1. The van der Waals surface area contributed by atoms with Crippen molar-refractivity contribution in [3.8, 4) is 0 Å². The molecule has 136 valence electrons. The minimum Gasteiger partial charge on any atom is -0.355 e. The van der Waals surface area contributed by atoms with E-state index in [0.29, 0.717) is 12.6 Å². The van der Waals surface area contributed by atoms with E-state index in [1.807, 2.05) is 0 Å². The van der Waals surface area contributed by atoms with Crippen LogP contribution in [0.2, 0.25) is 0 Å². The maximum atomic E-state index is 11.5. The fourth-order valence-corrected chi connectivity index (χ4v) is 4.01. The molecule has 2 aliphatic rings. The van der Waals surface area contributed by atoms with Gasteiger partial charge in [0, 0.05) is 38.5 Å². The number of aliphatic imine (C=N–C) groups is 1. The van der Waals surface area contributed by atoms with E-state index in [0.717, 1.165) is 19.0 Å². The average Bonchev–Trinajstić information content (AvgIpc) is 3.02. The molecule has 0 aromatic carbocycles. The second-order valence-corrected chi connectivity index (χ2v) is 8.67. The van der Waals surface area contributed by atoms with Crippen LogP contribution in [0.3, 0.4) is 0 Å². The molecule has 8 heteroatoms. The van der Waals surface area contributed by atoms with Crippen molar-refractivity contribution in [1.29, 1.82) is 0 Å². The van der Waals surface area contributed by atoms with E-state index in [9.17, 15) is 8.42 Å². The highest BCUT2D eigenvalue weighted by Gasteiger charge is 2.29. The molecule has 0 bridgehead atoms. The summed E-state index contributed by atoms with van der Waals surface area (Å²) in [6.45, 7) is 6.57. The quantitative estimate of drug-likeness (QED) is 0.381. The van der Waals surface area contributed by atoms with E-state index in [4.69, 9.17) is 0 Å². The lowest BCUT2D eigenvalue weighted by Crippen LogP contribution is -2.45. The zero-order chi connectivity index (χ0) is 16.0.